The molecule has 1 aliphatic rings. The van der Waals surface area contributed by atoms with Crippen LogP contribution >= 0.6 is 15.9 Å². The number of halogens is 1. The van der Waals surface area contributed by atoms with Crippen molar-refractivity contribution in [1.29, 1.82) is 0 Å². The van der Waals surface area contributed by atoms with Crippen LogP contribution in [0.25, 0.3) is 0 Å². The molecule has 2 rings (SSSR count). The van der Waals surface area contributed by atoms with Crippen molar-refractivity contribution in [2.45, 2.75) is 6.10 Å². The number of anilines is 1. The van der Waals surface area contributed by atoms with E-state index >= 15 is 0 Å². The smallest absolute Gasteiger partial charge is 0.312 e. The van der Waals surface area contributed by atoms with Crippen LogP contribution in [-0.2, 0) is 4.74 Å². The second kappa shape index (κ2) is 6.07. The molecule has 18 heavy (non-hydrogen) atoms. The fourth-order valence-corrected chi connectivity index (χ4v) is 1.98. The van der Waals surface area contributed by atoms with Crippen LogP contribution in [0, 0.1) is 10.1 Å². The molecule has 1 aliphatic heterocycles. The minimum atomic E-state index is -0.458. The molecular weight excluding hydrogens is 304 g/mol. The van der Waals surface area contributed by atoms with Gasteiger partial charge in [-0.3, -0.25) is 10.1 Å². The largest absolute Gasteiger partial charge is 0.374 e. The second-order valence-electron chi connectivity index (χ2n) is 3.86. The zero-order valence-corrected chi connectivity index (χ0v) is 11.1. The fourth-order valence-electron chi connectivity index (χ4n) is 1.67. The van der Waals surface area contributed by atoms with Gasteiger partial charge in [0.15, 0.2) is 0 Å². The summed E-state index contributed by atoms with van der Waals surface area (Å²) >= 11 is 3.16. The van der Waals surface area contributed by atoms with E-state index in [0.29, 0.717) is 17.6 Å². The Hall–Kier alpha value is -1.25. The van der Waals surface area contributed by atoms with Gasteiger partial charge >= 0.3 is 5.69 Å². The Kier molecular flexibility index (Phi) is 4.45. The summed E-state index contributed by atoms with van der Waals surface area (Å²) in [6.45, 7) is 2.72. The van der Waals surface area contributed by atoms with E-state index in [0.717, 1.165) is 13.1 Å². The van der Waals surface area contributed by atoms with Crippen LogP contribution in [0.1, 0.15) is 0 Å². The lowest BCUT2D eigenvalue weighted by Crippen LogP contribution is -2.42. The fraction of sp³-hybridized carbons (Fsp3) is 0.500. The Labute approximate surface area is 112 Å². The van der Waals surface area contributed by atoms with E-state index in [1.54, 1.807) is 0 Å². The monoisotopic (exact) mass is 316 g/mol. The van der Waals surface area contributed by atoms with Gasteiger partial charge in [0.1, 0.15) is 0 Å². The normalized spacial score (nSPS) is 19.5. The van der Waals surface area contributed by atoms with Crippen LogP contribution in [0.5, 0.6) is 0 Å². The number of morpholine rings is 1. The summed E-state index contributed by atoms with van der Waals surface area (Å²) in [5.41, 5.74) is -0.0480. The molecule has 0 aromatic carbocycles. The van der Waals surface area contributed by atoms with E-state index in [1.807, 2.05) is 0 Å². The molecule has 1 fully saturated rings. The highest BCUT2D eigenvalue weighted by molar-refractivity contribution is 9.10. The predicted octanol–water partition coefficient (Wildman–Crippen LogP) is 1.15. The van der Waals surface area contributed by atoms with Crippen molar-refractivity contribution in [2.75, 3.05) is 31.6 Å². The summed E-state index contributed by atoms with van der Waals surface area (Å²) in [5.74, 6) is 0.261. The highest BCUT2D eigenvalue weighted by Gasteiger charge is 2.18. The molecule has 0 radical (unpaired) electrons. The molecule has 1 unspecified atom stereocenters. The maximum Gasteiger partial charge on any atom is 0.312 e. The zero-order chi connectivity index (χ0) is 13.0. The topological polar surface area (TPSA) is 89.3 Å². The van der Waals surface area contributed by atoms with Crippen LogP contribution in [0.4, 0.5) is 11.5 Å². The summed E-state index contributed by atoms with van der Waals surface area (Å²) in [4.78, 5) is 14.4. The number of nitrogens with one attached hydrogen (secondary N) is 2. The summed E-state index contributed by atoms with van der Waals surface area (Å²) in [6, 6.07) is 1.43. The predicted molar refractivity (Wildman–Crippen MR) is 69.7 cm³/mol. The van der Waals surface area contributed by atoms with Crippen molar-refractivity contribution in [3.63, 3.8) is 0 Å². The van der Waals surface area contributed by atoms with Crippen molar-refractivity contribution < 1.29 is 9.66 Å². The molecule has 2 N–H and O–H groups in total. The van der Waals surface area contributed by atoms with Gasteiger partial charge in [-0.05, 0) is 15.9 Å². The minimum absolute atomic E-state index is 0.00352. The summed E-state index contributed by atoms with van der Waals surface area (Å²) < 4.78 is 6.07. The molecule has 98 valence electrons. The Morgan fingerprint density at radius 2 is 2.56 bits per heavy atom. The highest BCUT2D eigenvalue weighted by Crippen LogP contribution is 2.25. The lowest BCUT2D eigenvalue weighted by Gasteiger charge is -2.23. The molecule has 0 saturated carbocycles. The molecule has 1 aromatic heterocycles. The Morgan fingerprint density at radius 3 is 3.22 bits per heavy atom. The Morgan fingerprint density at radius 1 is 1.72 bits per heavy atom. The lowest BCUT2D eigenvalue weighted by molar-refractivity contribution is -0.384. The van der Waals surface area contributed by atoms with Gasteiger partial charge < -0.3 is 15.4 Å². The molecule has 2 heterocycles. The van der Waals surface area contributed by atoms with E-state index in [9.17, 15) is 10.1 Å². The van der Waals surface area contributed by atoms with E-state index in [-0.39, 0.29) is 17.6 Å². The van der Waals surface area contributed by atoms with Crippen LogP contribution in [-0.4, -0.2) is 42.3 Å². The van der Waals surface area contributed by atoms with Crippen LogP contribution in [0.15, 0.2) is 16.7 Å². The first-order valence-corrected chi connectivity index (χ1v) is 6.32. The maximum atomic E-state index is 10.9. The van der Waals surface area contributed by atoms with Gasteiger partial charge in [-0.25, -0.2) is 4.98 Å². The molecule has 1 atom stereocenters. The van der Waals surface area contributed by atoms with Gasteiger partial charge in [-0.1, -0.05) is 0 Å². The van der Waals surface area contributed by atoms with E-state index in [2.05, 4.69) is 31.5 Å². The summed E-state index contributed by atoms with van der Waals surface area (Å²) in [5, 5.41) is 17.0. The standard InChI is InChI=1S/C10H13BrN4O3/c11-7-3-9(15(16)17)10(13-4-7)14-6-8-5-12-1-2-18-8/h3-4,8,12H,1-2,5-6H2,(H,13,14). The van der Waals surface area contributed by atoms with E-state index in [1.165, 1.54) is 12.3 Å². The van der Waals surface area contributed by atoms with E-state index < -0.39 is 4.92 Å². The van der Waals surface area contributed by atoms with Gasteiger partial charge in [-0.15, -0.1) is 0 Å². The first-order valence-electron chi connectivity index (χ1n) is 5.53. The second-order valence-corrected chi connectivity index (χ2v) is 4.77. The number of rotatable bonds is 4. The molecule has 0 spiro atoms. The van der Waals surface area contributed by atoms with Gasteiger partial charge in [-0.2, -0.15) is 0 Å². The first-order chi connectivity index (χ1) is 8.66. The third-order valence-electron chi connectivity index (χ3n) is 2.53. The first kappa shape index (κ1) is 13.2. The third kappa shape index (κ3) is 3.37. The SMILES string of the molecule is O=[N+]([O-])c1cc(Br)cnc1NCC1CNCCO1. The van der Waals surface area contributed by atoms with Crippen LogP contribution in [0.2, 0.25) is 0 Å². The maximum absolute atomic E-state index is 10.9. The highest BCUT2D eigenvalue weighted by atomic mass is 79.9. The third-order valence-corrected chi connectivity index (χ3v) is 2.97. The van der Waals surface area contributed by atoms with Crippen molar-refractivity contribution in [1.82, 2.24) is 10.3 Å². The van der Waals surface area contributed by atoms with Crippen molar-refractivity contribution >= 4 is 27.4 Å². The van der Waals surface area contributed by atoms with Gasteiger partial charge in [0.2, 0.25) is 5.82 Å². The van der Waals surface area contributed by atoms with Crippen molar-refractivity contribution in [2.24, 2.45) is 0 Å². The molecule has 8 heteroatoms. The number of hydrogen-bond donors (Lipinski definition) is 2. The minimum Gasteiger partial charge on any atom is -0.374 e. The van der Waals surface area contributed by atoms with Gasteiger partial charge in [0.25, 0.3) is 0 Å². The van der Waals surface area contributed by atoms with Gasteiger partial charge in [0.05, 0.1) is 17.6 Å². The number of nitrogens with zero attached hydrogens (tertiary/aromatic N) is 2. The number of pyridine rings is 1. The van der Waals surface area contributed by atoms with Crippen LogP contribution in [0.3, 0.4) is 0 Å². The molecule has 0 bridgehead atoms. The Bertz CT molecular complexity index is 437. The average molecular weight is 317 g/mol. The molecule has 7 nitrogen and oxygen atoms in total. The van der Waals surface area contributed by atoms with Gasteiger partial charge in [0, 0.05) is 36.4 Å². The van der Waals surface area contributed by atoms with E-state index in [4.69, 9.17) is 4.74 Å². The number of ether oxygens (including phenoxy) is 1. The molecule has 0 amide bonds. The Balaban J connectivity index is 2.01. The molecule has 1 aromatic rings. The quantitative estimate of drug-likeness (QED) is 0.640. The zero-order valence-electron chi connectivity index (χ0n) is 9.56. The summed E-state index contributed by atoms with van der Waals surface area (Å²) in [7, 11) is 0. The number of hydrogen-bond acceptors (Lipinski definition) is 6. The van der Waals surface area contributed by atoms with Crippen LogP contribution < -0.4 is 10.6 Å². The molecule has 0 aliphatic carbocycles. The lowest BCUT2D eigenvalue weighted by atomic mass is 10.3. The average Bonchev–Trinajstić information content (AvgIpc) is 2.38. The molecule has 1 saturated heterocycles. The van der Waals surface area contributed by atoms with Crippen molar-refractivity contribution in [3.05, 3.63) is 26.9 Å². The van der Waals surface area contributed by atoms with Crippen molar-refractivity contribution in [3.8, 4) is 0 Å². The number of aromatic nitrogens is 1. The number of nitro groups is 1. The molecular formula is C10H13BrN4O3. The summed E-state index contributed by atoms with van der Waals surface area (Å²) in [6.07, 6.45) is 1.53.